The van der Waals surface area contributed by atoms with Crippen molar-refractivity contribution in [3.63, 3.8) is 0 Å². The van der Waals surface area contributed by atoms with Gasteiger partial charge in [0, 0.05) is 0 Å². The van der Waals surface area contributed by atoms with E-state index in [2.05, 4.69) is 104 Å². The van der Waals surface area contributed by atoms with E-state index in [1.165, 1.54) is 25.7 Å². The quantitative estimate of drug-likeness (QED) is 0.0769. The molecule has 0 aromatic rings. The SMILES string of the molecule is CC(C)[C@@H]1CC[C@@H](C)C[C@H]1OC(=O)[C@@H]1CC(=O)[N-]1.CC(C)[C@@H]1CC[C@@H](C)C[C@H]1OC(=O)[C@@H]1CC(=O)[N-]1.CC(C)[C@@H]1CC[C@@H](C)C[C@H]1OC(=O)[C@@H]1CC(=O)[N-]1.CC(C)[C@@H]1CC[C@@H](C)C[C@H]1OC(=O)[C@@H]1CC(=O)[N-]1.[Rh+2].[Rh+2]. The van der Waals surface area contributed by atoms with Crippen LogP contribution in [0.4, 0.5) is 0 Å². The van der Waals surface area contributed by atoms with Crippen LogP contribution in [0.3, 0.4) is 0 Å². The Kier molecular flexibility index (Phi) is 26.7. The summed E-state index contributed by atoms with van der Waals surface area (Å²) in [6, 6.07) is -2.10. The number of esters is 4. The molecule has 0 bridgehead atoms. The number of hydrogen-bond donors (Lipinski definition) is 0. The van der Waals surface area contributed by atoms with Gasteiger partial charge in [-0.25, -0.2) is 0 Å². The molecule has 0 N–H and O–H groups in total. The first kappa shape index (κ1) is 65.3. The van der Waals surface area contributed by atoms with Gasteiger partial charge in [0.2, 0.25) is 0 Å². The van der Waals surface area contributed by atoms with Gasteiger partial charge in [-0.2, -0.15) is 0 Å². The predicted octanol–water partition coefficient (Wildman–Crippen LogP) is 10.6. The van der Waals surface area contributed by atoms with Crippen LogP contribution in [0.5, 0.6) is 0 Å². The summed E-state index contributed by atoms with van der Waals surface area (Å²) in [4.78, 5) is 90.4. The smallest absolute Gasteiger partial charge is 0.642 e. The first-order valence-corrected chi connectivity index (χ1v) is 27.6. The summed E-state index contributed by atoms with van der Waals surface area (Å²) in [5, 5.41) is 14.7. The number of rotatable bonds is 12. The molecule has 0 aromatic heterocycles. The Morgan fingerprint density at radius 1 is 0.351 bits per heavy atom. The van der Waals surface area contributed by atoms with Gasteiger partial charge in [0.1, 0.15) is 24.4 Å². The van der Waals surface area contributed by atoms with E-state index < -0.39 is 24.2 Å². The fraction of sp³-hybridized carbons (Fsp3) is 0.857. The van der Waals surface area contributed by atoms with E-state index in [0.29, 0.717) is 71.0 Å². The average Bonchev–Trinajstić information content (AvgIpc) is 3.25. The van der Waals surface area contributed by atoms with Crippen molar-refractivity contribution < 1.29 is 96.3 Å². The first-order valence-electron chi connectivity index (χ1n) is 27.6. The van der Waals surface area contributed by atoms with Gasteiger partial charge in [-0.1, -0.05) is 109 Å². The maximum atomic E-state index is 11.8. The summed E-state index contributed by atoms with van der Waals surface area (Å²) in [5.41, 5.74) is 0. The molecule has 422 valence electrons. The summed E-state index contributed by atoms with van der Waals surface area (Å²) in [6.07, 6.45) is 14.0. The van der Waals surface area contributed by atoms with Gasteiger partial charge in [0.15, 0.2) is 0 Å². The van der Waals surface area contributed by atoms with E-state index in [1.807, 2.05) is 0 Å². The summed E-state index contributed by atoms with van der Waals surface area (Å²) in [6.45, 7) is 26.2. The van der Waals surface area contributed by atoms with Crippen molar-refractivity contribution >= 4 is 47.5 Å². The van der Waals surface area contributed by atoms with Crippen LogP contribution in [0, 0.1) is 71.0 Å². The average molecular weight is 1220 g/mol. The minimum Gasteiger partial charge on any atom is -0.642 e. The molecule has 8 fully saturated rings. The van der Waals surface area contributed by atoms with Crippen molar-refractivity contribution in [2.45, 2.75) is 234 Å². The molecule has 16 nitrogen and oxygen atoms in total. The molecule has 4 saturated carbocycles. The molecule has 4 amide bonds. The third-order valence-electron chi connectivity index (χ3n) is 16.7. The Hall–Kier alpha value is -2.99. The van der Waals surface area contributed by atoms with Gasteiger partial charge in [0.25, 0.3) is 23.9 Å². The largest absolute Gasteiger partial charge is 2.00 e. The molecule has 4 aliphatic heterocycles. The predicted molar refractivity (Wildman–Crippen MR) is 272 cm³/mol. The van der Waals surface area contributed by atoms with Crippen LogP contribution >= 0.6 is 0 Å². The Morgan fingerprint density at radius 3 is 0.649 bits per heavy atom. The van der Waals surface area contributed by atoms with Crippen molar-refractivity contribution in [1.82, 2.24) is 0 Å². The van der Waals surface area contributed by atoms with E-state index in [1.54, 1.807) is 0 Å². The zero-order valence-electron chi connectivity index (χ0n) is 46.2. The number of β-lactam (4-membered cyclic amide) rings is 4. The van der Waals surface area contributed by atoms with Gasteiger partial charge >= 0.3 is 39.0 Å². The van der Waals surface area contributed by atoms with Crippen LogP contribution in [0.25, 0.3) is 21.3 Å². The second-order valence-electron chi connectivity index (χ2n) is 24.2. The number of carbonyl (C=O) groups excluding carboxylic acids is 8. The number of ether oxygens (including phenoxy) is 4. The number of carbonyl (C=O) groups is 8. The minimum absolute atomic E-state index is 0. The molecule has 18 heteroatoms. The van der Waals surface area contributed by atoms with Crippen molar-refractivity contribution in [3.05, 3.63) is 21.3 Å². The van der Waals surface area contributed by atoms with Crippen LogP contribution in [0.2, 0.25) is 0 Å². The molecule has 0 unspecified atom stereocenters. The molecular weight excluding hydrogens is 1130 g/mol. The van der Waals surface area contributed by atoms with Crippen molar-refractivity contribution in [3.8, 4) is 0 Å². The Balaban J connectivity index is 0.000000258. The molecular formula is C56H88N4O12Rh2. The minimum atomic E-state index is -0.525. The van der Waals surface area contributed by atoms with Crippen LogP contribution in [-0.2, 0) is 96.3 Å². The molecule has 8 rings (SSSR count). The second kappa shape index (κ2) is 30.2. The zero-order valence-corrected chi connectivity index (χ0v) is 49.5. The van der Waals surface area contributed by atoms with Gasteiger partial charge < -0.3 is 59.4 Å². The maximum Gasteiger partial charge on any atom is 2.00 e. The van der Waals surface area contributed by atoms with E-state index in [9.17, 15) is 38.4 Å². The van der Waals surface area contributed by atoms with E-state index in [0.717, 1.165) is 51.4 Å². The van der Waals surface area contributed by atoms with Gasteiger partial charge in [-0.15, -0.1) is 0 Å². The Labute approximate surface area is 467 Å². The Bertz CT molecular complexity index is 1600. The molecule has 2 radical (unpaired) electrons. The van der Waals surface area contributed by atoms with E-state index in [-0.39, 0.29) is 137 Å². The van der Waals surface area contributed by atoms with Crippen LogP contribution < -0.4 is 0 Å². The molecule has 0 aromatic carbocycles. The van der Waals surface area contributed by atoms with Crippen LogP contribution in [-0.4, -0.2) is 96.1 Å². The normalized spacial score (nSPS) is 34.9. The monoisotopic (exact) mass is 1210 g/mol. The first-order chi connectivity index (χ1) is 33.9. The fourth-order valence-electron chi connectivity index (χ4n) is 11.8. The molecule has 4 saturated heterocycles. The van der Waals surface area contributed by atoms with Crippen molar-refractivity contribution in [2.24, 2.45) is 71.0 Å². The second-order valence-corrected chi connectivity index (χ2v) is 24.2. The summed E-state index contributed by atoms with van der Waals surface area (Å²) < 4.78 is 22.4. The molecule has 16 atom stereocenters. The summed E-state index contributed by atoms with van der Waals surface area (Å²) in [5.74, 6) is 4.34. The topological polar surface area (TPSA) is 230 Å². The third-order valence-corrected chi connectivity index (χ3v) is 16.7. The van der Waals surface area contributed by atoms with E-state index in [4.69, 9.17) is 18.9 Å². The molecule has 8 aliphatic rings. The molecule has 74 heavy (non-hydrogen) atoms. The van der Waals surface area contributed by atoms with E-state index >= 15 is 0 Å². The third kappa shape index (κ3) is 19.2. The Morgan fingerprint density at radius 2 is 0.514 bits per heavy atom. The molecule has 0 spiro atoms. The summed E-state index contributed by atoms with van der Waals surface area (Å²) in [7, 11) is 0. The fourth-order valence-corrected chi connectivity index (χ4v) is 11.8. The zero-order chi connectivity index (χ0) is 53.1. The number of nitrogens with zero attached hydrogens (tertiary/aromatic N) is 4. The van der Waals surface area contributed by atoms with Crippen LogP contribution in [0.1, 0.15) is 186 Å². The number of amides is 4. The van der Waals surface area contributed by atoms with Gasteiger partial charge in [-0.3, -0.25) is 19.2 Å². The maximum absolute atomic E-state index is 11.8. The van der Waals surface area contributed by atoms with Crippen molar-refractivity contribution in [1.29, 1.82) is 0 Å². The number of hydrogen-bond acceptors (Lipinski definition) is 12. The van der Waals surface area contributed by atoms with Crippen molar-refractivity contribution in [2.75, 3.05) is 0 Å². The molecule has 4 heterocycles. The van der Waals surface area contributed by atoms with Crippen LogP contribution in [0.15, 0.2) is 0 Å². The standard InChI is InChI=1S/4C14H23NO3.2Rh/c4*1-8(2)10-5-4-9(3)6-12(10)18-14(17)11-7-13(16)15-11;;/h4*8-12H,4-7H2,1-3H3,(H,15,16);;/q;;;;2*+2/p-4/t4*9-,10+,11+,12-;;/m1111../s1. The molecule has 4 aliphatic carbocycles. The van der Waals surface area contributed by atoms with Gasteiger partial charge in [-0.05, 0) is 172 Å². The summed E-state index contributed by atoms with van der Waals surface area (Å²) >= 11 is 0. The van der Waals surface area contributed by atoms with Gasteiger partial charge in [0.05, 0.1) is 23.6 Å².